The molecule has 0 radical (unpaired) electrons. The first-order chi connectivity index (χ1) is 8.37. The highest BCUT2D eigenvalue weighted by molar-refractivity contribution is 6.30. The normalized spacial score (nSPS) is 13.6. The average Bonchev–Trinajstić information content (AvgIpc) is 2.25. The van der Waals surface area contributed by atoms with Crippen molar-refractivity contribution in [1.29, 1.82) is 0 Å². The minimum atomic E-state index is -0.497. The molecule has 3 nitrogen and oxygen atoms in total. The van der Waals surface area contributed by atoms with E-state index >= 15 is 0 Å². The maximum Gasteiger partial charge on any atom is 0.0898 e. The van der Waals surface area contributed by atoms with E-state index in [1.165, 1.54) is 0 Å². The van der Waals surface area contributed by atoms with E-state index in [1.807, 2.05) is 45.0 Å². The van der Waals surface area contributed by atoms with Gasteiger partial charge in [-0.15, -0.1) is 0 Å². The van der Waals surface area contributed by atoms with Gasteiger partial charge in [0.15, 0.2) is 0 Å². The lowest BCUT2D eigenvalue weighted by atomic mass is 10.2. The average molecular weight is 272 g/mol. The highest BCUT2D eigenvalue weighted by Crippen LogP contribution is 2.10. The Kier molecular flexibility index (Phi) is 6.09. The minimum Gasteiger partial charge on any atom is -0.389 e. The lowest BCUT2D eigenvalue weighted by molar-refractivity contribution is -0.0479. The molecule has 0 aliphatic carbocycles. The van der Waals surface area contributed by atoms with E-state index in [0.717, 1.165) is 10.6 Å². The Labute approximate surface area is 114 Å². The van der Waals surface area contributed by atoms with Crippen molar-refractivity contribution in [2.24, 2.45) is 0 Å². The molecule has 0 saturated carbocycles. The number of hydrogen-bond donors (Lipinski definition) is 2. The van der Waals surface area contributed by atoms with Crippen LogP contribution in [-0.4, -0.2) is 30.0 Å². The van der Waals surface area contributed by atoms with Crippen LogP contribution < -0.4 is 5.32 Å². The molecule has 1 unspecified atom stereocenters. The summed E-state index contributed by atoms with van der Waals surface area (Å²) in [6.45, 7) is 7.44. The third-order valence-corrected chi connectivity index (χ3v) is 2.54. The van der Waals surface area contributed by atoms with E-state index in [9.17, 15) is 5.11 Å². The Morgan fingerprint density at radius 1 is 1.39 bits per heavy atom. The van der Waals surface area contributed by atoms with Crippen LogP contribution in [0.5, 0.6) is 0 Å². The fourth-order valence-corrected chi connectivity index (χ4v) is 1.65. The third kappa shape index (κ3) is 6.97. The minimum absolute atomic E-state index is 0.214. The van der Waals surface area contributed by atoms with Gasteiger partial charge >= 0.3 is 0 Å². The molecule has 0 aliphatic heterocycles. The van der Waals surface area contributed by atoms with Crippen molar-refractivity contribution < 1.29 is 9.84 Å². The zero-order valence-electron chi connectivity index (χ0n) is 11.2. The smallest absolute Gasteiger partial charge is 0.0898 e. The summed E-state index contributed by atoms with van der Waals surface area (Å²) in [6, 6.07) is 7.67. The molecule has 0 fully saturated rings. The van der Waals surface area contributed by atoms with Gasteiger partial charge in [-0.3, -0.25) is 0 Å². The van der Waals surface area contributed by atoms with E-state index in [2.05, 4.69) is 5.32 Å². The summed E-state index contributed by atoms with van der Waals surface area (Å²) in [5, 5.41) is 13.6. The van der Waals surface area contributed by atoms with Crippen LogP contribution in [0.1, 0.15) is 26.3 Å². The van der Waals surface area contributed by atoms with Gasteiger partial charge in [-0.2, -0.15) is 0 Å². The number of nitrogens with one attached hydrogen (secondary N) is 1. The van der Waals surface area contributed by atoms with E-state index in [-0.39, 0.29) is 5.60 Å². The summed E-state index contributed by atoms with van der Waals surface area (Å²) in [6.07, 6.45) is -0.497. The molecule has 0 aliphatic rings. The molecule has 2 N–H and O–H groups in total. The highest BCUT2D eigenvalue weighted by atomic mass is 35.5. The molecule has 18 heavy (non-hydrogen) atoms. The van der Waals surface area contributed by atoms with Crippen molar-refractivity contribution in [2.75, 3.05) is 13.2 Å². The molecule has 0 heterocycles. The van der Waals surface area contributed by atoms with Crippen LogP contribution in [0.4, 0.5) is 0 Å². The molecular weight excluding hydrogens is 250 g/mol. The van der Waals surface area contributed by atoms with E-state index < -0.39 is 6.10 Å². The van der Waals surface area contributed by atoms with E-state index in [0.29, 0.717) is 19.7 Å². The zero-order valence-corrected chi connectivity index (χ0v) is 12.0. The van der Waals surface area contributed by atoms with Crippen molar-refractivity contribution in [2.45, 2.75) is 39.0 Å². The van der Waals surface area contributed by atoms with Gasteiger partial charge < -0.3 is 15.2 Å². The van der Waals surface area contributed by atoms with Gasteiger partial charge in [-0.05, 0) is 38.5 Å². The van der Waals surface area contributed by atoms with Crippen LogP contribution in [0.3, 0.4) is 0 Å². The van der Waals surface area contributed by atoms with Gasteiger partial charge in [0.25, 0.3) is 0 Å². The highest BCUT2D eigenvalue weighted by Gasteiger charge is 2.13. The first-order valence-electron chi connectivity index (χ1n) is 6.14. The number of hydrogen-bond acceptors (Lipinski definition) is 3. The Balaban J connectivity index is 2.21. The Bertz CT molecular complexity index is 363. The van der Waals surface area contributed by atoms with Gasteiger partial charge in [-0.25, -0.2) is 0 Å². The first-order valence-corrected chi connectivity index (χ1v) is 6.52. The quantitative estimate of drug-likeness (QED) is 0.836. The summed E-state index contributed by atoms with van der Waals surface area (Å²) in [7, 11) is 0. The molecule has 1 rings (SSSR count). The second-order valence-electron chi connectivity index (χ2n) is 5.34. The predicted molar refractivity (Wildman–Crippen MR) is 74.9 cm³/mol. The van der Waals surface area contributed by atoms with Crippen LogP contribution in [0.25, 0.3) is 0 Å². The van der Waals surface area contributed by atoms with E-state index in [1.54, 1.807) is 0 Å². The molecule has 0 amide bonds. The molecule has 1 aromatic rings. The lowest BCUT2D eigenvalue weighted by Crippen LogP contribution is -2.33. The molecule has 1 aromatic carbocycles. The molecular formula is C14H22ClNO2. The number of ether oxygens (including phenoxy) is 1. The number of benzene rings is 1. The Morgan fingerprint density at radius 2 is 2.11 bits per heavy atom. The second kappa shape index (κ2) is 7.10. The van der Waals surface area contributed by atoms with Gasteiger partial charge in [-0.1, -0.05) is 23.7 Å². The van der Waals surface area contributed by atoms with Crippen molar-refractivity contribution in [1.82, 2.24) is 5.32 Å². The van der Waals surface area contributed by atoms with Crippen molar-refractivity contribution in [3.63, 3.8) is 0 Å². The van der Waals surface area contributed by atoms with E-state index in [4.69, 9.17) is 16.3 Å². The summed E-state index contributed by atoms with van der Waals surface area (Å²) < 4.78 is 5.50. The number of aliphatic hydroxyl groups excluding tert-OH is 1. The summed E-state index contributed by atoms with van der Waals surface area (Å²) in [5.74, 6) is 0. The third-order valence-electron chi connectivity index (χ3n) is 2.31. The Morgan fingerprint density at radius 3 is 2.72 bits per heavy atom. The SMILES string of the molecule is CC(C)(C)OCC(O)CNCc1cccc(Cl)c1. The predicted octanol–water partition coefficient (Wildman–Crippen LogP) is 2.61. The summed E-state index contributed by atoms with van der Waals surface area (Å²) >= 11 is 5.89. The van der Waals surface area contributed by atoms with Crippen LogP contribution in [0.15, 0.2) is 24.3 Å². The first kappa shape index (κ1) is 15.4. The summed E-state index contributed by atoms with van der Waals surface area (Å²) in [4.78, 5) is 0. The fourth-order valence-electron chi connectivity index (χ4n) is 1.44. The van der Waals surface area contributed by atoms with Crippen LogP contribution in [-0.2, 0) is 11.3 Å². The van der Waals surface area contributed by atoms with Gasteiger partial charge in [0.2, 0.25) is 0 Å². The number of aliphatic hydroxyl groups is 1. The molecule has 102 valence electrons. The van der Waals surface area contributed by atoms with Crippen molar-refractivity contribution in [3.8, 4) is 0 Å². The largest absolute Gasteiger partial charge is 0.389 e. The van der Waals surface area contributed by atoms with Crippen LogP contribution >= 0.6 is 11.6 Å². The molecule has 0 saturated heterocycles. The standard InChI is InChI=1S/C14H22ClNO2/c1-14(2,3)18-10-13(17)9-16-8-11-5-4-6-12(15)7-11/h4-7,13,16-17H,8-10H2,1-3H3. The van der Waals surface area contributed by atoms with Gasteiger partial charge in [0.1, 0.15) is 0 Å². The van der Waals surface area contributed by atoms with Crippen molar-refractivity contribution in [3.05, 3.63) is 34.9 Å². The van der Waals surface area contributed by atoms with Gasteiger partial charge in [0.05, 0.1) is 18.3 Å². The fraction of sp³-hybridized carbons (Fsp3) is 0.571. The number of rotatable bonds is 6. The van der Waals surface area contributed by atoms with Crippen LogP contribution in [0.2, 0.25) is 5.02 Å². The molecule has 0 spiro atoms. The topological polar surface area (TPSA) is 41.5 Å². The monoisotopic (exact) mass is 271 g/mol. The molecule has 4 heteroatoms. The maximum absolute atomic E-state index is 9.73. The molecule has 0 aromatic heterocycles. The zero-order chi connectivity index (χ0) is 13.6. The summed E-state index contributed by atoms with van der Waals surface area (Å²) in [5.41, 5.74) is 0.889. The maximum atomic E-state index is 9.73. The number of halogens is 1. The lowest BCUT2D eigenvalue weighted by Gasteiger charge is -2.22. The molecule has 1 atom stereocenters. The Hall–Kier alpha value is -0.610. The van der Waals surface area contributed by atoms with Crippen LogP contribution in [0, 0.1) is 0 Å². The van der Waals surface area contributed by atoms with Gasteiger partial charge in [0, 0.05) is 18.1 Å². The second-order valence-corrected chi connectivity index (χ2v) is 5.77. The molecule has 0 bridgehead atoms. The van der Waals surface area contributed by atoms with Crippen molar-refractivity contribution >= 4 is 11.6 Å².